The minimum absolute atomic E-state index is 0.0752. The number of aliphatic carboxylic acids is 1. The lowest BCUT2D eigenvalue weighted by molar-refractivity contribution is -0.139. The van der Waals surface area contributed by atoms with Crippen LogP contribution in [-0.4, -0.2) is 23.3 Å². The Morgan fingerprint density at radius 1 is 1.50 bits per heavy atom. The van der Waals surface area contributed by atoms with Gasteiger partial charge in [-0.05, 0) is 12.3 Å². The predicted molar refractivity (Wildman–Crippen MR) is 44.7 cm³/mol. The number of hydrogen-bond acceptors (Lipinski definition) is 2. The van der Waals surface area contributed by atoms with Crippen LogP contribution in [0, 0.1) is 5.92 Å². The molecule has 0 saturated carbocycles. The molecule has 6 heteroatoms. The van der Waals surface area contributed by atoms with Crippen LogP contribution in [0.25, 0.3) is 0 Å². The lowest BCUT2D eigenvalue weighted by Gasteiger charge is -2.17. The monoisotopic (exact) mass is 213 g/mol. The number of rotatable bonds is 5. The van der Waals surface area contributed by atoms with Gasteiger partial charge in [0.2, 0.25) is 0 Å². The molecule has 3 N–H and O–H groups in total. The van der Waals surface area contributed by atoms with Crippen molar-refractivity contribution in [2.24, 2.45) is 11.7 Å². The van der Waals surface area contributed by atoms with E-state index in [0.29, 0.717) is 0 Å². The Labute approximate surface area is 80.1 Å². The lowest BCUT2D eigenvalue weighted by Crippen LogP contribution is -2.29. The van der Waals surface area contributed by atoms with Gasteiger partial charge in [0.15, 0.2) is 0 Å². The van der Waals surface area contributed by atoms with Crippen LogP contribution >= 0.6 is 0 Å². The van der Waals surface area contributed by atoms with E-state index < -0.39 is 24.6 Å². The Morgan fingerprint density at radius 3 is 2.36 bits per heavy atom. The number of carboxylic acid groups (broad SMARTS) is 1. The summed E-state index contributed by atoms with van der Waals surface area (Å²) in [6.45, 7) is 1.57. The van der Waals surface area contributed by atoms with Gasteiger partial charge < -0.3 is 10.8 Å². The second-order valence-corrected chi connectivity index (χ2v) is 3.52. The third-order valence-corrected chi connectivity index (χ3v) is 1.72. The van der Waals surface area contributed by atoms with E-state index in [-0.39, 0.29) is 18.8 Å². The van der Waals surface area contributed by atoms with Crippen LogP contribution in [0.4, 0.5) is 13.2 Å². The SMILES string of the molecule is C[C@@H](CC(=O)O)C[C@@H](N)CC(F)(F)F. The van der Waals surface area contributed by atoms with Gasteiger partial charge >= 0.3 is 12.1 Å². The smallest absolute Gasteiger partial charge is 0.390 e. The van der Waals surface area contributed by atoms with E-state index in [9.17, 15) is 18.0 Å². The third-order valence-electron chi connectivity index (χ3n) is 1.72. The molecule has 0 unspecified atom stereocenters. The molecule has 0 aromatic heterocycles. The first-order valence-corrected chi connectivity index (χ1v) is 4.25. The Kier molecular flexibility index (Phi) is 4.90. The molecule has 0 amide bonds. The summed E-state index contributed by atoms with van der Waals surface area (Å²) in [6, 6.07) is -1.01. The number of alkyl halides is 3. The van der Waals surface area contributed by atoms with E-state index in [2.05, 4.69) is 0 Å². The van der Waals surface area contributed by atoms with Crippen LogP contribution in [-0.2, 0) is 4.79 Å². The first kappa shape index (κ1) is 13.2. The van der Waals surface area contributed by atoms with Crippen molar-refractivity contribution in [3.8, 4) is 0 Å². The summed E-state index contributed by atoms with van der Waals surface area (Å²) in [4.78, 5) is 10.2. The number of hydrogen-bond donors (Lipinski definition) is 2. The van der Waals surface area contributed by atoms with Gasteiger partial charge in [0.1, 0.15) is 0 Å². The van der Waals surface area contributed by atoms with Crippen LogP contribution in [0.5, 0.6) is 0 Å². The fraction of sp³-hybridized carbons (Fsp3) is 0.875. The van der Waals surface area contributed by atoms with Crippen LogP contribution < -0.4 is 5.73 Å². The van der Waals surface area contributed by atoms with Gasteiger partial charge in [-0.1, -0.05) is 6.92 Å². The Balaban J connectivity index is 3.82. The molecule has 0 aliphatic heterocycles. The third kappa shape index (κ3) is 7.85. The lowest BCUT2D eigenvalue weighted by atomic mass is 9.97. The quantitative estimate of drug-likeness (QED) is 0.731. The molecule has 0 aliphatic carbocycles. The molecule has 2 atom stereocenters. The zero-order valence-corrected chi connectivity index (χ0v) is 7.84. The maximum absolute atomic E-state index is 11.8. The molecular formula is C8H14F3NO2. The molecule has 0 rings (SSSR count). The maximum Gasteiger partial charge on any atom is 0.390 e. The molecule has 14 heavy (non-hydrogen) atoms. The molecule has 0 heterocycles. The summed E-state index contributed by atoms with van der Waals surface area (Å²) in [7, 11) is 0. The van der Waals surface area contributed by atoms with Gasteiger partial charge in [-0.2, -0.15) is 13.2 Å². The highest BCUT2D eigenvalue weighted by atomic mass is 19.4. The number of carbonyl (C=O) groups is 1. The van der Waals surface area contributed by atoms with Gasteiger partial charge in [0, 0.05) is 12.5 Å². The molecule has 0 saturated heterocycles. The van der Waals surface area contributed by atoms with Crippen molar-refractivity contribution >= 4 is 5.97 Å². The van der Waals surface area contributed by atoms with Crippen molar-refractivity contribution in [2.75, 3.05) is 0 Å². The molecule has 3 nitrogen and oxygen atoms in total. The summed E-state index contributed by atoms with van der Waals surface area (Å²) < 4.78 is 35.5. The van der Waals surface area contributed by atoms with Gasteiger partial charge in [-0.15, -0.1) is 0 Å². The van der Waals surface area contributed by atoms with Crippen LogP contribution in [0.3, 0.4) is 0 Å². The molecular weight excluding hydrogens is 199 g/mol. The normalized spacial score (nSPS) is 16.4. The van der Waals surface area contributed by atoms with Crippen molar-refractivity contribution in [3.63, 3.8) is 0 Å². The molecule has 0 radical (unpaired) electrons. The Bertz CT molecular complexity index is 194. The first-order valence-electron chi connectivity index (χ1n) is 4.25. The standard InChI is InChI=1S/C8H14F3NO2/c1-5(3-7(13)14)2-6(12)4-8(9,10)11/h5-6H,2-4,12H2,1H3,(H,13,14)/t5-,6-/m1/s1. The number of carboxylic acids is 1. The number of halogens is 3. The highest BCUT2D eigenvalue weighted by Crippen LogP contribution is 2.23. The highest BCUT2D eigenvalue weighted by molar-refractivity contribution is 5.66. The molecule has 0 aromatic carbocycles. The molecule has 0 aromatic rings. The first-order chi connectivity index (χ1) is 6.20. The van der Waals surface area contributed by atoms with Gasteiger partial charge in [0.25, 0.3) is 0 Å². The van der Waals surface area contributed by atoms with Gasteiger partial charge in [-0.25, -0.2) is 0 Å². The molecule has 84 valence electrons. The van der Waals surface area contributed by atoms with Gasteiger partial charge in [-0.3, -0.25) is 4.79 Å². The molecule has 0 spiro atoms. The van der Waals surface area contributed by atoms with E-state index in [1.807, 2.05) is 0 Å². The summed E-state index contributed by atoms with van der Waals surface area (Å²) in [6.07, 6.45) is -5.41. The second kappa shape index (κ2) is 5.19. The summed E-state index contributed by atoms with van der Waals surface area (Å²) in [5.74, 6) is -1.35. The van der Waals surface area contributed by atoms with Crippen LogP contribution in [0.1, 0.15) is 26.2 Å². The summed E-state index contributed by atoms with van der Waals surface area (Å²) >= 11 is 0. The van der Waals surface area contributed by atoms with E-state index in [1.54, 1.807) is 6.92 Å². The van der Waals surface area contributed by atoms with Crippen LogP contribution in [0.15, 0.2) is 0 Å². The highest BCUT2D eigenvalue weighted by Gasteiger charge is 2.30. The summed E-state index contributed by atoms with van der Waals surface area (Å²) in [5, 5.41) is 8.37. The van der Waals surface area contributed by atoms with Crippen molar-refractivity contribution in [1.82, 2.24) is 0 Å². The molecule has 0 aliphatic rings. The second-order valence-electron chi connectivity index (χ2n) is 3.52. The minimum atomic E-state index is -4.28. The minimum Gasteiger partial charge on any atom is -0.481 e. The molecule has 0 fully saturated rings. The largest absolute Gasteiger partial charge is 0.481 e. The van der Waals surface area contributed by atoms with Crippen molar-refractivity contribution in [3.05, 3.63) is 0 Å². The topological polar surface area (TPSA) is 63.3 Å². The van der Waals surface area contributed by atoms with E-state index >= 15 is 0 Å². The Morgan fingerprint density at radius 2 is 2.00 bits per heavy atom. The predicted octanol–water partition coefficient (Wildman–Crippen LogP) is 1.77. The molecule has 0 bridgehead atoms. The zero-order chi connectivity index (χ0) is 11.4. The van der Waals surface area contributed by atoms with Crippen molar-refractivity contribution in [2.45, 2.75) is 38.4 Å². The van der Waals surface area contributed by atoms with Crippen LogP contribution in [0.2, 0.25) is 0 Å². The number of nitrogens with two attached hydrogens (primary N) is 1. The van der Waals surface area contributed by atoms with E-state index in [1.165, 1.54) is 0 Å². The Hall–Kier alpha value is -0.780. The average Bonchev–Trinajstić information content (AvgIpc) is 1.77. The summed E-state index contributed by atoms with van der Waals surface area (Å²) in [5.41, 5.74) is 5.22. The maximum atomic E-state index is 11.8. The van der Waals surface area contributed by atoms with Crippen molar-refractivity contribution in [1.29, 1.82) is 0 Å². The zero-order valence-electron chi connectivity index (χ0n) is 7.84. The van der Waals surface area contributed by atoms with Crippen molar-refractivity contribution < 1.29 is 23.1 Å². The van der Waals surface area contributed by atoms with E-state index in [0.717, 1.165) is 0 Å². The average molecular weight is 213 g/mol. The van der Waals surface area contributed by atoms with E-state index in [4.69, 9.17) is 10.8 Å². The fourth-order valence-electron chi connectivity index (χ4n) is 1.28. The van der Waals surface area contributed by atoms with Gasteiger partial charge in [0.05, 0.1) is 6.42 Å². The fourth-order valence-corrected chi connectivity index (χ4v) is 1.28.